The molecule has 2 N–H and O–H groups in total. The van der Waals surface area contributed by atoms with Gasteiger partial charge in [-0.1, -0.05) is 25.1 Å². The largest absolute Gasteiger partial charge is 0.393 e. The van der Waals surface area contributed by atoms with Crippen LogP contribution < -0.4 is 5.32 Å². The molecule has 128 valence electrons. The number of aliphatic hydroxyl groups excluding tert-OH is 1. The summed E-state index contributed by atoms with van der Waals surface area (Å²) in [6.45, 7) is 2.36. The lowest BCUT2D eigenvalue weighted by atomic mass is 10.0. The van der Waals surface area contributed by atoms with Crippen LogP contribution in [0.2, 0.25) is 0 Å². The van der Waals surface area contributed by atoms with Gasteiger partial charge in [0.25, 0.3) is 5.91 Å². The van der Waals surface area contributed by atoms with E-state index in [-0.39, 0.29) is 12.0 Å². The first-order valence-electron chi connectivity index (χ1n) is 8.45. The van der Waals surface area contributed by atoms with Crippen LogP contribution in [0.15, 0.2) is 54.9 Å². The third-order valence-corrected chi connectivity index (χ3v) is 4.17. The minimum absolute atomic E-state index is 0.155. The van der Waals surface area contributed by atoms with Crippen molar-refractivity contribution in [3.8, 4) is 11.3 Å². The summed E-state index contributed by atoms with van der Waals surface area (Å²) in [6, 6.07) is 13.2. The first kappa shape index (κ1) is 17.0. The van der Waals surface area contributed by atoms with Crippen LogP contribution in [0.1, 0.15) is 30.1 Å². The van der Waals surface area contributed by atoms with E-state index in [1.807, 2.05) is 49.4 Å². The van der Waals surface area contributed by atoms with Gasteiger partial charge in [0.15, 0.2) is 0 Å². The average molecular weight is 335 g/mol. The zero-order chi connectivity index (χ0) is 17.6. The number of para-hydroxylation sites is 1. The molecule has 0 aliphatic rings. The van der Waals surface area contributed by atoms with Gasteiger partial charge in [0.05, 0.1) is 22.9 Å². The van der Waals surface area contributed by atoms with Crippen LogP contribution in [0.25, 0.3) is 22.2 Å². The molecule has 0 spiro atoms. The SMILES string of the molecule is CCC(O)CCNC(=O)c1cc(-c2ccncc2)nc2ccccc12. The van der Waals surface area contributed by atoms with Gasteiger partial charge in [-0.2, -0.15) is 0 Å². The number of aromatic nitrogens is 2. The van der Waals surface area contributed by atoms with E-state index < -0.39 is 0 Å². The Kier molecular flexibility index (Phi) is 5.36. The summed E-state index contributed by atoms with van der Waals surface area (Å²) in [5, 5.41) is 13.3. The lowest BCUT2D eigenvalue weighted by Gasteiger charge is -2.12. The Hall–Kier alpha value is -2.79. The number of carbonyl (C=O) groups is 1. The van der Waals surface area contributed by atoms with Gasteiger partial charge in [-0.3, -0.25) is 9.78 Å². The summed E-state index contributed by atoms with van der Waals surface area (Å²) in [7, 11) is 0. The quantitative estimate of drug-likeness (QED) is 0.725. The molecular weight excluding hydrogens is 314 g/mol. The number of pyridine rings is 2. The van der Waals surface area contributed by atoms with Crippen LogP contribution in [0, 0.1) is 0 Å². The van der Waals surface area contributed by atoms with Crippen LogP contribution in [0.5, 0.6) is 0 Å². The molecule has 3 rings (SSSR count). The Bertz CT molecular complexity index is 865. The van der Waals surface area contributed by atoms with Crippen molar-refractivity contribution in [3.63, 3.8) is 0 Å². The van der Waals surface area contributed by atoms with E-state index in [0.29, 0.717) is 24.9 Å². The number of amides is 1. The summed E-state index contributed by atoms with van der Waals surface area (Å²) in [6.07, 6.45) is 4.25. The average Bonchev–Trinajstić information content (AvgIpc) is 2.67. The third kappa shape index (κ3) is 4.00. The number of aliphatic hydroxyl groups is 1. The van der Waals surface area contributed by atoms with Crippen LogP contribution >= 0.6 is 0 Å². The molecule has 0 aliphatic carbocycles. The van der Waals surface area contributed by atoms with Crippen LogP contribution in [0.3, 0.4) is 0 Å². The van der Waals surface area contributed by atoms with Crippen molar-refractivity contribution in [1.82, 2.24) is 15.3 Å². The molecule has 2 aromatic heterocycles. The molecule has 0 bridgehead atoms. The number of nitrogens with one attached hydrogen (secondary N) is 1. The number of fused-ring (bicyclic) bond motifs is 1. The molecule has 0 fully saturated rings. The highest BCUT2D eigenvalue weighted by molar-refractivity contribution is 6.07. The van der Waals surface area contributed by atoms with E-state index in [1.54, 1.807) is 12.4 Å². The fraction of sp³-hybridized carbons (Fsp3) is 0.250. The van der Waals surface area contributed by atoms with Gasteiger partial charge < -0.3 is 10.4 Å². The van der Waals surface area contributed by atoms with Crippen molar-refractivity contribution in [2.75, 3.05) is 6.54 Å². The summed E-state index contributed by atoms with van der Waals surface area (Å²) in [5.74, 6) is -0.155. The molecule has 2 heterocycles. The maximum absolute atomic E-state index is 12.7. The van der Waals surface area contributed by atoms with E-state index in [2.05, 4.69) is 15.3 Å². The summed E-state index contributed by atoms with van der Waals surface area (Å²) < 4.78 is 0. The molecule has 25 heavy (non-hydrogen) atoms. The molecule has 0 saturated heterocycles. The van der Waals surface area contributed by atoms with Crippen molar-refractivity contribution >= 4 is 16.8 Å². The number of benzene rings is 1. The summed E-state index contributed by atoms with van der Waals surface area (Å²) in [4.78, 5) is 21.4. The number of hydrogen-bond acceptors (Lipinski definition) is 4. The molecular formula is C20H21N3O2. The monoisotopic (exact) mass is 335 g/mol. The highest BCUT2D eigenvalue weighted by atomic mass is 16.3. The summed E-state index contributed by atoms with van der Waals surface area (Å²) in [5.41, 5.74) is 3.01. The molecule has 0 aliphatic heterocycles. The zero-order valence-corrected chi connectivity index (χ0v) is 14.1. The minimum Gasteiger partial charge on any atom is -0.393 e. The third-order valence-electron chi connectivity index (χ3n) is 4.17. The van der Waals surface area contributed by atoms with Crippen molar-refractivity contribution in [2.45, 2.75) is 25.9 Å². The second-order valence-electron chi connectivity index (χ2n) is 5.91. The van der Waals surface area contributed by atoms with Gasteiger partial charge in [0, 0.05) is 29.9 Å². The number of carbonyl (C=O) groups excluding carboxylic acids is 1. The minimum atomic E-state index is -0.387. The number of nitrogens with zero attached hydrogens (tertiary/aromatic N) is 2. The van der Waals surface area contributed by atoms with E-state index in [1.165, 1.54) is 0 Å². The molecule has 5 nitrogen and oxygen atoms in total. The van der Waals surface area contributed by atoms with Gasteiger partial charge in [-0.25, -0.2) is 4.98 Å². The van der Waals surface area contributed by atoms with Crippen molar-refractivity contribution < 1.29 is 9.90 Å². The van der Waals surface area contributed by atoms with E-state index in [9.17, 15) is 9.90 Å². The van der Waals surface area contributed by atoms with Gasteiger partial charge in [-0.15, -0.1) is 0 Å². The Morgan fingerprint density at radius 1 is 1.20 bits per heavy atom. The normalized spacial score (nSPS) is 12.1. The molecule has 3 aromatic rings. The van der Waals surface area contributed by atoms with Gasteiger partial charge in [0.2, 0.25) is 0 Å². The fourth-order valence-electron chi connectivity index (χ4n) is 2.69. The zero-order valence-electron chi connectivity index (χ0n) is 14.1. The maximum Gasteiger partial charge on any atom is 0.252 e. The molecule has 1 amide bonds. The predicted octanol–water partition coefficient (Wildman–Crippen LogP) is 3.19. The Morgan fingerprint density at radius 3 is 2.72 bits per heavy atom. The first-order valence-corrected chi connectivity index (χ1v) is 8.45. The van der Waals surface area contributed by atoms with Gasteiger partial charge >= 0.3 is 0 Å². The van der Waals surface area contributed by atoms with Crippen molar-refractivity contribution in [3.05, 3.63) is 60.4 Å². The van der Waals surface area contributed by atoms with E-state index in [0.717, 1.165) is 22.2 Å². The molecule has 5 heteroatoms. The molecule has 1 unspecified atom stereocenters. The Balaban J connectivity index is 1.94. The second kappa shape index (κ2) is 7.85. The topological polar surface area (TPSA) is 75.1 Å². The lowest BCUT2D eigenvalue weighted by Crippen LogP contribution is -2.27. The standard InChI is InChI=1S/C20H21N3O2/c1-2-15(24)9-12-22-20(25)17-13-19(14-7-10-21-11-8-14)23-18-6-4-3-5-16(17)18/h3-8,10-11,13,15,24H,2,9,12H2,1H3,(H,22,25). The van der Waals surface area contributed by atoms with Gasteiger partial charge in [0.1, 0.15) is 0 Å². The summed E-state index contributed by atoms with van der Waals surface area (Å²) >= 11 is 0. The van der Waals surface area contributed by atoms with Crippen LogP contribution in [-0.4, -0.2) is 33.6 Å². The Labute approximate surface area is 146 Å². The van der Waals surface area contributed by atoms with Crippen LogP contribution in [0.4, 0.5) is 0 Å². The smallest absolute Gasteiger partial charge is 0.252 e. The highest BCUT2D eigenvalue weighted by Gasteiger charge is 2.14. The highest BCUT2D eigenvalue weighted by Crippen LogP contribution is 2.24. The first-order chi connectivity index (χ1) is 12.2. The van der Waals surface area contributed by atoms with Crippen molar-refractivity contribution in [2.24, 2.45) is 0 Å². The van der Waals surface area contributed by atoms with E-state index in [4.69, 9.17) is 0 Å². The number of rotatable bonds is 6. The second-order valence-corrected chi connectivity index (χ2v) is 5.91. The molecule has 1 aromatic carbocycles. The van der Waals surface area contributed by atoms with Crippen LogP contribution in [-0.2, 0) is 0 Å². The van der Waals surface area contributed by atoms with Gasteiger partial charge in [-0.05, 0) is 37.1 Å². The fourth-order valence-corrected chi connectivity index (χ4v) is 2.69. The lowest BCUT2D eigenvalue weighted by molar-refractivity contribution is 0.0943. The number of hydrogen-bond donors (Lipinski definition) is 2. The molecule has 0 radical (unpaired) electrons. The maximum atomic E-state index is 12.7. The Morgan fingerprint density at radius 2 is 1.96 bits per heavy atom. The molecule has 0 saturated carbocycles. The van der Waals surface area contributed by atoms with E-state index >= 15 is 0 Å². The van der Waals surface area contributed by atoms with Crippen molar-refractivity contribution in [1.29, 1.82) is 0 Å². The predicted molar refractivity (Wildman–Crippen MR) is 98.2 cm³/mol. The molecule has 1 atom stereocenters.